The molecule has 3 fully saturated rings. The molecule has 0 bridgehead atoms. The summed E-state index contributed by atoms with van der Waals surface area (Å²) in [6, 6.07) is 4.93. The van der Waals surface area contributed by atoms with Crippen LogP contribution in [0.5, 0.6) is 5.75 Å². The maximum absolute atomic E-state index is 6.54. The van der Waals surface area contributed by atoms with E-state index in [0.29, 0.717) is 12.1 Å². The molecule has 2 saturated heterocycles. The van der Waals surface area contributed by atoms with Crippen molar-refractivity contribution in [3.63, 3.8) is 0 Å². The van der Waals surface area contributed by atoms with Crippen LogP contribution in [-0.4, -0.2) is 59.7 Å². The Morgan fingerprint density at radius 3 is 2.76 bits per heavy atom. The van der Waals surface area contributed by atoms with E-state index in [4.69, 9.17) is 14.2 Å². The molecular formula is C23H33N3O3. The maximum Gasteiger partial charge on any atom is 0.150 e. The third-order valence-corrected chi connectivity index (χ3v) is 6.88. The number of nitrogens with zero attached hydrogens (tertiary/aromatic N) is 3. The third-order valence-electron chi connectivity index (χ3n) is 6.88. The van der Waals surface area contributed by atoms with Crippen LogP contribution < -0.4 is 4.74 Å². The minimum Gasteiger partial charge on any atom is -0.490 e. The summed E-state index contributed by atoms with van der Waals surface area (Å²) < 4.78 is 20.1. The third kappa shape index (κ3) is 4.03. The van der Waals surface area contributed by atoms with E-state index in [2.05, 4.69) is 33.7 Å². The smallest absolute Gasteiger partial charge is 0.150 e. The molecule has 5 rings (SSSR count). The molecule has 0 amide bonds. The molecule has 3 heterocycles. The van der Waals surface area contributed by atoms with Gasteiger partial charge in [0, 0.05) is 36.7 Å². The monoisotopic (exact) mass is 399 g/mol. The first kappa shape index (κ1) is 19.3. The van der Waals surface area contributed by atoms with Gasteiger partial charge in [0.25, 0.3) is 0 Å². The van der Waals surface area contributed by atoms with Crippen LogP contribution in [0.3, 0.4) is 0 Å². The molecule has 0 N–H and O–H groups in total. The van der Waals surface area contributed by atoms with Gasteiger partial charge in [-0.05, 0) is 64.0 Å². The summed E-state index contributed by atoms with van der Waals surface area (Å²) in [7, 11) is 0. The van der Waals surface area contributed by atoms with Crippen LogP contribution in [0.1, 0.15) is 56.7 Å². The Balaban J connectivity index is 1.30. The lowest BCUT2D eigenvalue weighted by atomic mass is 9.91. The van der Waals surface area contributed by atoms with Gasteiger partial charge < -0.3 is 14.2 Å². The summed E-state index contributed by atoms with van der Waals surface area (Å²) in [5.74, 6) is 1.01. The van der Waals surface area contributed by atoms with Crippen LogP contribution in [0.4, 0.5) is 0 Å². The largest absolute Gasteiger partial charge is 0.490 e. The Kier molecular flexibility index (Phi) is 5.75. The molecule has 6 nitrogen and oxygen atoms in total. The van der Waals surface area contributed by atoms with Crippen molar-refractivity contribution >= 4 is 10.9 Å². The van der Waals surface area contributed by atoms with Crippen LogP contribution in [-0.2, 0) is 9.47 Å². The second-order valence-corrected chi connectivity index (χ2v) is 8.74. The van der Waals surface area contributed by atoms with Gasteiger partial charge in [0.05, 0.1) is 24.9 Å². The summed E-state index contributed by atoms with van der Waals surface area (Å²) in [6.07, 6.45) is 10.5. The highest BCUT2D eigenvalue weighted by Crippen LogP contribution is 2.34. The van der Waals surface area contributed by atoms with Crippen molar-refractivity contribution in [3.8, 4) is 5.75 Å². The maximum atomic E-state index is 6.54. The van der Waals surface area contributed by atoms with Crippen molar-refractivity contribution in [2.24, 2.45) is 0 Å². The molecule has 1 aromatic heterocycles. The Morgan fingerprint density at radius 2 is 1.93 bits per heavy atom. The first-order valence-electron chi connectivity index (χ1n) is 11.4. The SMILES string of the molecule is Cc1c(O[C@@H]2CCC[C@H](N3CCOCC3)C2)ccc2c1cnn2C1CCCCO1. The molecule has 0 spiro atoms. The standard InChI is InChI=1S/C23H33N3O3/c1-17-20-16-24-26(23-7-2-3-12-28-23)21(20)8-9-22(17)29-19-6-4-5-18(15-19)25-10-13-27-14-11-25/h8-9,16,18-19,23H,2-7,10-15H2,1H3/t18-,19+,23?/m0/s1. The zero-order valence-corrected chi connectivity index (χ0v) is 17.5. The number of fused-ring (bicyclic) bond motifs is 1. The predicted molar refractivity (Wildman–Crippen MR) is 112 cm³/mol. The first-order valence-corrected chi connectivity index (χ1v) is 11.4. The van der Waals surface area contributed by atoms with Gasteiger partial charge in [-0.15, -0.1) is 0 Å². The van der Waals surface area contributed by atoms with E-state index in [1.807, 2.05) is 6.20 Å². The number of ether oxygens (including phenoxy) is 3. The number of rotatable bonds is 4. The van der Waals surface area contributed by atoms with E-state index in [1.54, 1.807) is 0 Å². The summed E-state index contributed by atoms with van der Waals surface area (Å²) >= 11 is 0. The van der Waals surface area contributed by atoms with Crippen LogP contribution in [0, 0.1) is 6.92 Å². The minimum absolute atomic E-state index is 0.0695. The van der Waals surface area contributed by atoms with Crippen molar-refractivity contribution in [1.82, 2.24) is 14.7 Å². The molecule has 1 unspecified atom stereocenters. The average Bonchev–Trinajstić information content (AvgIpc) is 3.22. The lowest BCUT2D eigenvalue weighted by Crippen LogP contribution is -2.47. The van der Waals surface area contributed by atoms with Crippen molar-refractivity contribution in [1.29, 1.82) is 0 Å². The average molecular weight is 400 g/mol. The van der Waals surface area contributed by atoms with Gasteiger partial charge in [0.2, 0.25) is 0 Å². The fourth-order valence-corrected chi connectivity index (χ4v) is 5.19. The lowest BCUT2D eigenvalue weighted by molar-refractivity contribution is -0.0366. The van der Waals surface area contributed by atoms with Gasteiger partial charge in [0.1, 0.15) is 11.9 Å². The van der Waals surface area contributed by atoms with Crippen molar-refractivity contribution in [2.45, 2.75) is 70.2 Å². The fourth-order valence-electron chi connectivity index (χ4n) is 5.19. The number of hydrogen-bond donors (Lipinski definition) is 0. The first-order chi connectivity index (χ1) is 14.3. The molecule has 3 aliphatic rings. The van der Waals surface area contributed by atoms with Crippen molar-refractivity contribution in [2.75, 3.05) is 32.9 Å². The molecule has 158 valence electrons. The second-order valence-electron chi connectivity index (χ2n) is 8.74. The Labute approximate surface area is 173 Å². The van der Waals surface area contributed by atoms with Gasteiger partial charge in [-0.25, -0.2) is 4.68 Å². The van der Waals surface area contributed by atoms with Crippen molar-refractivity contribution < 1.29 is 14.2 Å². The highest BCUT2D eigenvalue weighted by atomic mass is 16.5. The molecule has 1 aromatic carbocycles. The molecule has 2 aromatic rings. The van der Waals surface area contributed by atoms with E-state index in [1.165, 1.54) is 30.2 Å². The fraction of sp³-hybridized carbons (Fsp3) is 0.696. The molecule has 2 aliphatic heterocycles. The van der Waals surface area contributed by atoms with Gasteiger partial charge in [-0.3, -0.25) is 4.90 Å². The van der Waals surface area contributed by atoms with E-state index >= 15 is 0 Å². The quantitative estimate of drug-likeness (QED) is 0.776. The van der Waals surface area contributed by atoms with E-state index < -0.39 is 0 Å². The second kappa shape index (κ2) is 8.62. The van der Waals surface area contributed by atoms with Gasteiger partial charge >= 0.3 is 0 Å². The molecule has 3 atom stereocenters. The molecule has 1 aliphatic carbocycles. The summed E-state index contributed by atoms with van der Waals surface area (Å²) in [6.45, 7) is 6.85. The highest BCUT2D eigenvalue weighted by Gasteiger charge is 2.29. The van der Waals surface area contributed by atoms with Gasteiger partial charge in [0.15, 0.2) is 6.23 Å². The molecule has 0 radical (unpaired) electrons. The molecule has 29 heavy (non-hydrogen) atoms. The summed E-state index contributed by atoms with van der Waals surface area (Å²) in [4.78, 5) is 2.60. The lowest BCUT2D eigenvalue weighted by Gasteiger charge is -2.39. The zero-order chi connectivity index (χ0) is 19.6. The number of benzene rings is 1. The summed E-state index contributed by atoms with van der Waals surface area (Å²) in [5.41, 5.74) is 2.34. The highest BCUT2D eigenvalue weighted by molar-refractivity contribution is 5.84. The van der Waals surface area contributed by atoms with Crippen LogP contribution in [0.25, 0.3) is 10.9 Å². The molecule has 1 saturated carbocycles. The number of hydrogen-bond acceptors (Lipinski definition) is 5. The van der Waals surface area contributed by atoms with Gasteiger partial charge in [-0.2, -0.15) is 5.10 Å². The van der Waals surface area contributed by atoms with Crippen molar-refractivity contribution in [3.05, 3.63) is 23.9 Å². The van der Waals surface area contributed by atoms with Crippen LogP contribution >= 0.6 is 0 Å². The number of morpholine rings is 1. The van der Waals surface area contributed by atoms with Crippen LogP contribution in [0.2, 0.25) is 0 Å². The summed E-state index contributed by atoms with van der Waals surface area (Å²) in [5, 5.41) is 5.84. The zero-order valence-electron chi connectivity index (χ0n) is 17.5. The minimum atomic E-state index is 0.0695. The van der Waals surface area contributed by atoms with Crippen LogP contribution in [0.15, 0.2) is 18.3 Å². The Morgan fingerprint density at radius 1 is 1.03 bits per heavy atom. The Hall–Kier alpha value is -1.63. The number of aryl methyl sites for hydroxylation is 1. The van der Waals surface area contributed by atoms with E-state index in [-0.39, 0.29) is 6.23 Å². The molecule has 6 heteroatoms. The number of aromatic nitrogens is 2. The Bertz CT molecular complexity index is 824. The van der Waals surface area contributed by atoms with E-state index in [0.717, 1.165) is 69.9 Å². The normalized spacial score (nSPS) is 29.2. The predicted octanol–water partition coefficient (Wildman–Crippen LogP) is 4.07. The topological polar surface area (TPSA) is 48.8 Å². The molecular weight excluding hydrogens is 366 g/mol. The van der Waals surface area contributed by atoms with Gasteiger partial charge in [-0.1, -0.05) is 0 Å². The van der Waals surface area contributed by atoms with E-state index in [9.17, 15) is 0 Å².